The van der Waals surface area contributed by atoms with Crippen LogP contribution in [0.5, 0.6) is 0 Å². The Bertz CT molecular complexity index is 618. The summed E-state index contributed by atoms with van der Waals surface area (Å²) in [4.78, 5) is 11.0. The molecule has 0 radical (unpaired) electrons. The molecule has 1 N–H and O–H groups in total. The van der Waals surface area contributed by atoms with E-state index in [1.807, 2.05) is 13.0 Å². The van der Waals surface area contributed by atoms with E-state index in [-0.39, 0.29) is 11.7 Å². The highest BCUT2D eigenvalue weighted by atomic mass is 35.5. The molecule has 1 aromatic heterocycles. The smallest absolute Gasteiger partial charge is 0.274 e. The van der Waals surface area contributed by atoms with E-state index in [9.17, 15) is 14.5 Å². The molecule has 0 fully saturated rings. The number of nitrogens with one attached hydrogen (secondary N) is 1. The normalized spacial score (nSPS) is 12.2. The molecule has 0 aliphatic heterocycles. The lowest BCUT2D eigenvalue weighted by molar-refractivity contribution is -0.385. The Morgan fingerprint density at radius 2 is 2.16 bits per heavy atom. The molecular formula is C12H10ClFN2O2S. The van der Waals surface area contributed by atoms with E-state index in [1.165, 1.54) is 23.5 Å². The molecule has 1 unspecified atom stereocenters. The van der Waals surface area contributed by atoms with Crippen molar-refractivity contribution in [1.82, 2.24) is 0 Å². The van der Waals surface area contributed by atoms with Gasteiger partial charge >= 0.3 is 0 Å². The fraction of sp³-hybridized carbons (Fsp3) is 0.167. The monoisotopic (exact) mass is 300 g/mol. The molecule has 0 spiro atoms. The lowest BCUT2D eigenvalue weighted by atomic mass is 10.2. The SMILES string of the molecule is CC(Nc1cc(F)cc([N+](=O)[O-])c1)c1ccc(Cl)s1. The van der Waals surface area contributed by atoms with Crippen LogP contribution in [0.1, 0.15) is 17.8 Å². The van der Waals surface area contributed by atoms with Gasteiger partial charge in [-0.15, -0.1) is 11.3 Å². The van der Waals surface area contributed by atoms with E-state index in [2.05, 4.69) is 5.32 Å². The van der Waals surface area contributed by atoms with Gasteiger partial charge in [0.05, 0.1) is 21.4 Å². The van der Waals surface area contributed by atoms with Crippen molar-refractivity contribution in [3.63, 3.8) is 0 Å². The van der Waals surface area contributed by atoms with Crippen LogP contribution < -0.4 is 5.32 Å². The molecular weight excluding hydrogens is 291 g/mol. The first-order valence-electron chi connectivity index (χ1n) is 5.42. The number of nitro benzene ring substituents is 1. The summed E-state index contributed by atoms with van der Waals surface area (Å²) in [5, 5.41) is 13.7. The molecule has 0 saturated heterocycles. The molecule has 1 atom stereocenters. The average molecular weight is 301 g/mol. The van der Waals surface area contributed by atoms with Crippen LogP contribution in [0.3, 0.4) is 0 Å². The van der Waals surface area contributed by atoms with Gasteiger partial charge in [0, 0.05) is 16.6 Å². The lowest BCUT2D eigenvalue weighted by Gasteiger charge is -2.13. The van der Waals surface area contributed by atoms with E-state index in [1.54, 1.807) is 6.07 Å². The first-order valence-corrected chi connectivity index (χ1v) is 6.62. The van der Waals surface area contributed by atoms with Gasteiger partial charge in [0.1, 0.15) is 5.82 Å². The second-order valence-corrected chi connectivity index (χ2v) is 5.71. The minimum atomic E-state index is -0.645. The molecule has 1 aromatic carbocycles. The average Bonchev–Trinajstić information content (AvgIpc) is 2.75. The van der Waals surface area contributed by atoms with E-state index in [4.69, 9.17) is 11.6 Å². The third-order valence-electron chi connectivity index (χ3n) is 2.50. The number of nitro groups is 1. The van der Waals surface area contributed by atoms with Gasteiger partial charge in [-0.1, -0.05) is 11.6 Å². The summed E-state index contributed by atoms with van der Waals surface area (Å²) >= 11 is 7.25. The van der Waals surface area contributed by atoms with Crippen LogP contribution in [0.2, 0.25) is 4.34 Å². The Morgan fingerprint density at radius 3 is 2.74 bits per heavy atom. The van der Waals surface area contributed by atoms with Gasteiger partial charge in [-0.25, -0.2) is 4.39 Å². The zero-order valence-corrected chi connectivity index (χ0v) is 11.5. The fourth-order valence-corrected chi connectivity index (χ4v) is 2.71. The van der Waals surface area contributed by atoms with Crippen molar-refractivity contribution in [2.75, 3.05) is 5.32 Å². The molecule has 0 bridgehead atoms. The van der Waals surface area contributed by atoms with Crippen molar-refractivity contribution in [3.05, 3.63) is 55.5 Å². The minimum Gasteiger partial charge on any atom is -0.377 e. The standard InChI is InChI=1S/C12H10ClFN2O2S/c1-7(11-2-3-12(13)19-11)15-9-4-8(14)5-10(6-9)16(17)18/h2-7,15H,1H3. The number of anilines is 1. The highest BCUT2D eigenvalue weighted by molar-refractivity contribution is 7.16. The maximum atomic E-state index is 13.3. The Hall–Kier alpha value is -1.66. The van der Waals surface area contributed by atoms with Crippen molar-refractivity contribution in [2.24, 2.45) is 0 Å². The summed E-state index contributed by atoms with van der Waals surface area (Å²) in [6.45, 7) is 1.87. The second kappa shape index (κ2) is 5.54. The molecule has 2 aromatic rings. The predicted octanol–water partition coefficient (Wildman–Crippen LogP) is 4.62. The van der Waals surface area contributed by atoms with E-state index < -0.39 is 10.7 Å². The summed E-state index contributed by atoms with van der Waals surface area (Å²) < 4.78 is 13.9. The van der Waals surface area contributed by atoms with Crippen molar-refractivity contribution >= 4 is 34.3 Å². The largest absolute Gasteiger partial charge is 0.377 e. The molecule has 19 heavy (non-hydrogen) atoms. The van der Waals surface area contributed by atoms with Crippen LogP contribution in [0.15, 0.2) is 30.3 Å². The first-order chi connectivity index (χ1) is 8.95. The van der Waals surface area contributed by atoms with Crippen LogP contribution in [0.25, 0.3) is 0 Å². The van der Waals surface area contributed by atoms with E-state index in [0.29, 0.717) is 10.0 Å². The van der Waals surface area contributed by atoms with Gasteiger partial charge in [0.15, 0.2) is 0 Å². The molecule has 2 rings (SSSR count). The molecule has 0 aliphatic rings. The maximum Gasteiger partial charge on any atom is 0.274 e. The first kappa shape index (κ1) is 13.8. The molecule has 0 amide bonds. The van der Waals surface area contributed by atoms with Crippen molar-refractivity contribution < 1.29 is 9.31 Å². The van der Waals surface area contributed by atoms with Crippen LogP contribution in [0, 0.1) is 15.9 Å². The number of hydrogen-bond donors (Lipinski definition) is 1. The minimum absolute atomic E-state index is 0.112. The van der Waals surface area contributed by atoms with Gasteiger partial charge in [-0.05, 0) is 25.1 Å². The maximum absolute atomic E-state index is 13.3. The summed E-state index contributed by atoms with van der Waals surface area (Å²) in [5.74, 6) is -0.645. The van der Waals surface area contributed by atoms with Gasteiger partial charge in [0.25, 0.3) is 5.69 Å². The quantitative estimate of drug-likeness (QED) is 0.662. The Kier molecular flexibility index (Phi) is 4.01. The summed E-state index contributed by atoms with van der Waals surface area (Å²) in [5.41, 5.74) is 0.0858. The number of nitrogens with zero attached hydrogens (tertiary/aromatic N) is 1. The van der Waals surface area contributed by atoms with Gasteiger partial charge in [0.2, 0.25) is 0 Å². The molecule has 0 aliphatic carbocycles. The highest BCUT2D eigenvalue weighted by Gasteiger charge is 2.13. The zero-order chi connectivity index (χ0) is 14.0. The van der Waals surface area contributed by atoms with Crippen molar-refractivity contribution in [3.8, 4) is 0 Å². The number of thiophene rings is 1. The Balaban J connectivity index is 2.21. The fourth-order valence-electron chi connectivity index (χ4n) is 1.65. The van der Waals surface area contributed by atoms with Gasteiger partial charge in [-0.3, -0.25) is 10.1 Å². The molecule has 7 heteroatoms. The van der Waals surface area contributed by atoms with Gasteiger partial charge in [-0.2, -0.15) is 0 Å². The van der Waals surface area contributed by atoms with Crippen LogP contribution in [-0.4, -0.2) is 4.92 Å². The topological polar surface area (TPSA) is 55.2 Å². The second-order valence-electron chi connectivity index (χ2n) is 3.96. The third kappa shape index (κ3) is 3.42. The predicted molar refractivity (Wildman–Crippen MR) is 74.4 cm³/mol. The number of halogens is 2. The van der Waals surface area contributed by atoms with Crippen molar-refractivity contribution in [1.29, 1.82) is 0 Å². The summed E-state index contributed by atoms with van der Waals surface area (Å²) in [6, 6.07) is 6.93. The molecule has 0 saturated carbocycles. The summed E-state index contributed by atoms with van der Waals surface area (Å²) in [6.07, 6.45) is 0. The third-order valence-corrected chi connectivity index (χ3v) is 3.91. The van der Waals surface area contributed by atoms with Crippen LogP contribution in [-0.2, 0) is 0 Å². The number of non-ortho nitro benzene ring substituents is 1. The van der Waals surface area contributed by atoms with E-state index in [0.717, 1.165) is 10.9 Å². The zero-order valence-electron chi connectivity index (χ0n) is 9.89. The van der Waals surface area contributed by atoms with Crippen LogP contribution in [0.4, 0.5) is 15.8 Å². The number of rotatable bonds is 4. The highest BCUT2D eigenvalue weighted by Crippen LogP contribution is 2.30. The number of benzene rings is 1. The Morgan fingerprint density at radius 1 is 1.42 bits per heavy atom. The number of hydrogen-bond acceptors (Lipinski definition) is 4. The van der Waals surface area contributed by atoms with Gasteiger partial charge < -0.3 is 5.32 Å². The summed E-state index contributed by atoms with van der Waals surface area (Å²) in [7, 11) is 0. The molecule has 4 nitrogen and oxygen atoms in total. The molecule has 100 valence electrons. The Labute approximate surface area is 118 Å². The van der Waals surface area contributed by atoms with E-state index >= 15 is 0 Å². The van der Waals surface area contributed by atoms with Crippen molar-refractivity contribution in [2.45, 2.75) is 13.0 Å². The lowest BCUT2D eigenvalue weighted by Crippen LogP contribution is -2.05. The molecule has 1 heterocycles. The van der Waals surface area contributed by atoms with Crippen LogP contribution >= 0.6 is 22.9 Å².